The second-order valence-electron chi connectivity index (χ2n) is 11.2. The summed E-state index contributed by atoms with van der Waals surface area (Å²) < 4.78 is 6.36. The highest BCUT2D eigenvalue weighted by Crippen LogP contribution is 2.50. The van der Waals surface area contributed by atoms with E-state index in [9.17, 15) is 0 Å². The number of nitrogens with zero attached hydrogens (tertiary/aromatic N) is 2. The molecule has 0 spiro atoms. The Morgan fingerprint density at radius 3 is 2.02 bits per heavy atom. The fourth-order valence-corrected chi connectivity index (χ4v) is 6.77. The fourth-order valence-electron chi connectivity index (χ4n) is 6.77. The van der Waals surface area contributed by atoms with Crippen LogP contribution in [0.1, 0.15) is 0 Å². The van der Waals surface area contributed by atoms with Crippen LogP contribution in [0.25, 0.3) is 33.3 Å². The highest BCUT2D eigenvalue weighted by atomic mass is 16.5. The highest BCUT2D eigenvalue weighted by Gasteiger charge is 2.36. The summed E-state index contributed by atoms with van der Waals surface area (Å²) in [5.41, 5.74) is 12.6. The molecule has 0 atom stereocenters. The van der Waals surface area contributed by atoms with Crippen molar-refractivity contribution in [3.8, 4) is 33.9 Å². The standard InChI is InChI=1S/C39H25BN2O/c1-2-12-26(13-3-1)28-22-29(25-30(23-28)42-35-18-8-10-20-37(35)43-38-21-11-9-19-36(38)42)40-32-16-6-5-15-31(32)39-33(40)24-27-14-4-7-17-34(27)41-39/h1-25H. The van der Waals surface area contributed by atoms with Crippen LogP contribution in [0.15, 0.2) is 152 Å². The molecule has 0 saturated heterocycles. The van der Waals surface area contributed by atoms with Gasteiger partial charge in [-0.05, 0) is 70.0 Å². The van der Waals surface area contributed by atoms with Gasteiger partial charge in [0.1, 0.15) is 0 Å². The Bertz CT molecular complexity index is 2150. The summed E-state index contributed by atoms with van der Waals surface area (Å²) in [7, 11) is 0. The lowest BCUT2D eigenvalue weighted by atomic mass is 9.39. The molecule has 3 heterocycles. The Morgan fingerprint density at radius 1 is 0.535 bits per heavy atom. The van der Waals surface area contributed by atoms with Crippen LogP contribution in [0.5, 0.6) is 11.5 Å². The lowest BCUT2D eigenvalue weighted by Gasteiger charge is -2.33. The Kier molecular flexibility index (Phi) is 5.29. The molecular weight excluding hydrogens is 523 g/mol. The van der Waals surface area contributed by atoms with E-state index >= 15 is 0 Å². The van der Waals surface area contributed by atoms with Crippen molar-refractivity contribution in [2.24, 2.45) is 0 Å². The van der Waals surface area contributed by atoms with Crippen molar-refractivity contribution in [2.75, 3.05) is 4.90 Å². The maximum atomic E-state index is 6.36. The third-order valence-corrected chi connectivity index (χ3v) is 8.66. The number of aromatic nitrogens is 1. The molecule has 0 radical (unpaired) electrons. The van der Waals surface area contributed by atoms with Gasteiger partial charge in [0.2, 0.25) is 6.71 Å². The van der Waals surface area contributed by atoms with Gasteiger partial charge in [-0.1, -0.05) is 120 Å². The first-order valence-electron chi connectivity index (χ1n) is 14.7. The Labute approximate surface area is 250 Å². The predicted octanol–water partition coefficient (Wildman–Crippen LogP) is 7.97. The molecule has 0 fully saturated rings. The molecule has 9 rings (SSSR count). The van der Waals surface area contributed by atoms with E-state index in [0.29, 0.717) is 0 Å². The van der Waals surface area contributed by atoms with Crippen LogP contribution >= 0.6 is 0 Å². The third kappa shape index (κ3) is 3.80. The molecule has 1 aromatic heterocycles. The average molecular weight is 548 g/mol. The van der Waals surface area contributed by atoms with Crippen LogP contribution in [-0.2, 0) is 0 Å². The normalized spacial score (nSPS) is 12.7. The first-order chi connectivity index (χ1) is 21.3. The Hall–Kier alpha value is -5.61. The van der Waals surface area contributed by atoms with Crippen molar-refractivity contribution in [1.29, 1.82) is 0 Å². The lowest BCUT2D eigenvalue weighted by Crippen LogP contribution is -2.49. The van der Waals surface area contributed by atoms with Crippen molar-refractivity contribution in [3.05, 3.63) is 152 Å². The summed E-state index contributed by atoms with van der Waals surface area (Å²) in [6, 6.07) is 53.8. The Balaban J connectivity index is 1.32. The van der Waals surface area contributed by atoms with Crippen LogP contribution in [-0.4, -0.2) is 11.7 Å². The van der Waals surface area contributed by atoms with E-state index in [0.717, 1.165) is 45.2 Å². The minimum Gasteiger partial charge on any atom is -0.453 e. The maximum Gasteiger partial charge on any atom is 0.245 e. The first-order valence-corrected chi connectivity index (χ1v) is 14.7. The van der Waals surface area contributed by atoms with Crippen molar-refractivity contribution in [3.63, 3.8) is 0 Å². The van der Waals surface area contributed by atoms with E-state index in [1.54, 1.807) is 0 Å². The fraction of sp³-hybridized carbons (Fsp3) is 0. The molecule has 7 aromatic rings. The van der Waals surface area contributed by atoms with E-state index < -0.39 is 0 Å². The molecule has 0 N–H and O–H groups in total. The van der Waals surface area contributed by atoms with Crippen LogP contribution in [0, 0.1) is 0 Å². The van der Waals surface area contributed by atoms with E-state index in [2.05, 4.69) is 132 Å². The van der Waals surface area contributed by atoms with Gasteiger partial charge in [0.25, 0.3) is 0 Å². The number of hydrogen-bond acceptors (Lipinski definition) is 3. The minimum atomic E-state index is 0.0530. The molecule has 0 unspecified atom stereocenters. The molecule has 2 aliphatic heterocycles. The summed E-state index contributed by atoms with van der Waals surface area (Å²) in [5.74, 6) is 1.69. The summed E-state index contributed by atoms with van der Waals surface area (Å²) in [5, 5.41) is 1.16. The molecule has 4 heteroatoms. The number of benzene rings is 6. The molecule has 200 valence electrons. The predicted molar refractivity (Wildman–Crippen MR) is 178 cm³/mol. The number of pyridine rings is 1. The molecule has 43 heavy (non-hydrogen) atoms. The zero-order valence-electron chi connectivity index (χ0n) is 23.3. The van der Waals surface area contributed by atoms with Gasteiger partial charge < -0.3 is 9.64 Å². The second-order valence-corrected chi connectivity index (χ2v) is 11.2. The molecule has 0 saturated carbocycles. The monoisotopic (exact) mass is 548 g/mol. The lowest BCUT2D eigenvalue weighted by molar-refractivity contribution is 0.477. The SMILES string of the molecule is c1ccc(-c2cc(B3c4ccccc4-c4nc5ccccc5cc43)cc(N3c4ccccc4Oc4ccccc43)c2)cc1. The summed E-state index contributed by atoms with van der Waals surface area (Å²) in [4.78, 5) is 7.54. The van der Waals surface area contributed by atoms with Crippen LogP contribution < -0.4 is 26.0 Å². The summed E-state index contributed by atoms with van der Waals surface area (Å²) >= 11 is 0. The smallest absolute Gasteiger partial charge is 0.245 e. The second kappa shape index (κ2) is 9.47. The van der Waals surface area contributed by atoms with E-state index in [-0.39, 0.29) is 6.71 Å². The average Bonchev–Trinajstić information content (AvgIpc) is 3.39. The number of anilines is 3. The highest BCUT2D eigenvalue weighted by molar-refractivity contribution is 6.99. The van der Waals surface area contributed by atoms with Crippen molar-refractivity contribution in [1.82, 2.24) is 4.98 Å². The molecule has 6 aromatic carbocycles. The van der Waals surface area contributed by atoms with E-state index in [1.807, 2.05) is 24.3 Å². The van der Waals surface area contributed by atoms with Gasteiger partial charge in [0.15, 0.2) is 11.5 Å². The maximum absolute atomic E-state index is 6.36. The van der Waals surface area contributed by atoms with Gasteiger partial charge in [0, 0.05) is 5.69 Å². The molecule has 3 nitrogen and oxygen atoms in total. The van der Waals surface area contributed by atoms with Gasteiger partial charge >= 0.3 is 0 Å². The van der Waals surface area contributed by atoms with Gasteiger partial charge in [-0.2, -0.15) is 0 Å². The number of fused-ring (bicyclic) bond motifs is 6. The summed E-state index contributed by atoms with van der Waals surface area (Å²) in [6.07, 6.45) is 0. The van der Waals surface area contributed by atoms with Gasteiger partial charge in [-0.3, -0.25) is 0 Å². The molecule has 0 bridgehead atoms. The van der Waals surface area contributed by atoms with Crippen molar-refractivity contribution >= 4 is 51.1 Å². The minimum absolute atomic E-state index is 0.0530. The van der Waals surface area contributed by atoms with Gasteiger partial charge in [0.05, 0.1) is 22.6 Å². The number of para-hydroxylation sites is 5. The van der Waals surface area contributed by atoms with Gasteiger partial charge in [-0.15, -0.1) is 0 Å². The largest absolute Gasteiger partial charge is 0.453 e. The van der Waals surface area contributed by atoms with Crippen LogP contribution in [0.4, 0.5) is 17.1 Å². The van der Waals surface area contributed by atoms with Crippen LogP contribution in [0.3, 0.4) is 0 Å². The topological polar surface area (TPSA) is 25.4 Å². The molecule has 0 aliphatic carbocycles. The summed E-state index contributed by atoms with van der Waals surface area (Å²) in [6.45, 7) is 0.0530. The number of rotatable bonds is 3. The van der Waals surface area contributed by atoms with Crippen LogP contribution in [0.2, 0.25) is 0 Å². The number of hydrogen-bond donors (Lipinski definition) is 0. The zero-order valence-corrected chi connectivity index (χ0v) is 23.3. The van der Waals surface area contributed by atoms with Crippen molar-refractivity contribution in [2.45, 2.75) is 0 Å². The first kappa shape index (κ1) is 24.0. The van der Waals surface area contributed by atoms with Crippen molar-refractivity contribution < 1.29 is 4.74 Å². The quantitative estimate of drug-likeness (QED) is 0.210. The molecule has 0 amide bonds. The van der Waals surface area contributed by atoms with E-state index in [1.165, 1.54) is 33.1 Å². The zero-order chi connectivity index (χ0) is 28.3. The molecule has 2 aliphatic rings. The van der Waals surface area contributed by atoms with E-state index in [4.69, 9.17) is 9.72 Å². The Morgan fingerprint density at radius 2 is 1.21 bits per heavy atom. The van der Waals surface area contributed by atoms with Gasteiger partial charge in [-0.25, -0.2) is 4.98 Å². The number of ether oxygens (including phenoxy) is 1. The molecular formula is C39H25BN2O. The third-order valence-electron chi connectivity index (χ3n) is 8.66.